The summed E-state index contributed by atoms with van der Waals surface area (Å²) in [6, 6.07) is 5.67. The minimum absolute atomic E-state index is 0.361. The maximum absolute atomic E-state index is 8.92. The topological polar surface area (TPSA) is 123 Å². The molecule has 2 bridgehead atoms. The van der Waals surface area contributed by atoms with Gasteiger partial charge in [0.25, 0.3) is 0 Å². The quantitative estimate of drug-likeness (QED) is 0.583. The zero-order valence-corrected chi connectivity index (χ0v) is 16.3. The molecule has 3 aromatic heterocycles. The summed E-state index contributed by atoms with van der Waals surface area (Å²) in [4.78, 5) is 11.6. The second kappa shape index (κ2) is 7.33. The average molecular weight is 392 g/mol. The van der Waals surface area contributed by atoms with Gasteiger partial charge in [-0.1, -0.05) is 0 Å². The lowest BCUT2D eigenvalue weighted by molar-refractivity contribution is 0.135. The van der Waals surface area contributed by atoms with Crippen molar-refractivity contribution in [3.05, 3.63) is 24.3 Å². The Morgan fingerprint density at radius 1 is 1.28 bits per heavy atom. The lowest BCUT2D eigenvalue weighted by atomic mass is 9.97. The van der Waals surface area contributed by atoms with Crippen molar-refractivity contribution >= 4 is 23.1 Å². The van der Waals surface area contributed by atoms with Crippen LogP contribution in [0.2, 0.25) is 0 Å². The van der Waals surface area contributed by atoms with Gasteiger partial charge < -0.3 is 10.6 Å². The van der Waals surface area contributed by atoms with Crippen LogP contribution in [0.1, 0.15) is 37.8 Å². The molecule has 3 atom stereocenters. The van der Waals surface area contributed by atoms with Crippen LogP contribution in [0.5, 0.6) is 0 Å². The average Bonchev–Trinajstić information content (AvgIpc) is 3.39. The Balaban J connectivity index is 1.34. The first-order valence-electron chi connectivity index (χ1n) is 10.1. The third-order valence-corrected chi connectivity index (χ3v) is 5.93. The Kier molecular flexibility index (Phi) is 4.52. The van der Waals surface area contributed by atoms with Crippen molar-refractivity contribution in [3.63, 3.8) is 0 Å². The second-order valence-electron chi connectivity index (χ2n) is 7.91. The fourth-order valence-electron chi connectivity index (χ4n) is 4.73. The van der Waals surface area contributed by atoms with Gasteiger partial charge in [-0.15, -0.1) is 0 Å². The normalized spacial score (nSPS) is 23.9. The van der Waals surface area contributed by atoms with E-state index in [1.807, 2.05) is 19.2 Å². The van der Waals surface area contributed by atoms with E-state index in [0.717, 1.165) is 30.9 Å². The highest BCUT2D eigenvalue weighted by atomic mass is 15.3. The number of H-pyrrole nitrogens is 1. The maximum atomic E-state index is 8.92. The van der Waals surface area contributed by atoms with Crippen LogP contribution < -0.4 is 10.6 Å². The molecule has 2 aliphatic heterocycles. The third-order valence-electron chi connectivity index (χ3n) is 5.93. The number of hydrogen-bond donors (Lipinski definition) is 3. The summed E-state index contributed by atoms with van der Waals surface area (Å²) in [5.41, 5.74) is 1.63. The van der Waals surface area contributed by atoms with Crippen molar-refractivity contribution in [2.45, 2.75) is 57.2 Å². The molecule has 3 N–H and O–H groups in total. The molecule has 2 saturated heterocycles. The molecule has 0 radical (unpaired) electrons. The Bertz CT molecular complexity index is 1030. The number of nitriles is 1. The molecular formula is C19H24N10. The second-order valence-corrected chi connectivity index (χ2v) is 7.91. The van der Waals surface area contributed by atoms with E-state index in [2.05, 4.69) is 41.9 Å². The largest absolute Gasteiger partial charge is 0.366 e. The van der Waals surface area contributed by atoms with Crippen LogP contribution in [0.4, 0.5) is 17.5 Å². The van der Waals surface area contributed by atoms with E-state index in [9.17, 15) is 0 Å². The van der Waals surface area contributed by atoms with Crippen molar-refractivity contribution in [3.8, 4) is 6.07 Å². The molecule has 2 aliphatic rings. The maximum Gasteiger partial charge on any atom is 0.198 e. The van der Waals surface area contributed by atoms with Gasteiger partial charge in [0, 0.05) is 42.9 Å². The predicted molar refractivity (Wildman–Crippen MR) is 108 cm³/mol. The van der Waals surface area contributed by atoms with Gasteiger partial charge in [0.15, 0.2) is 17.3 Å². The molecule has 10 nitrogen and oxygen atoms in total. The minimum Gasteiger partial charge on any atom is -0.366 e. The summed E-state index contributed by atoms with van der Waals surface area (Å²) < 4.78 is 1.73. The van der Waals surface area contributed by atoms with Crippen LogP contribution in [0.15, 0.2) is 18.6 Å². The van der Waals surface area contributed by atoms with E-state index < -0.39 is 0 Å². The molecule has 0 spiro atoms. The highest BCUT2D eigenvalue weighted by molar-refractivity contribution is 5.69. The van der Waals surface area contributed by atoms with E-state index in [0.29, 0.717) is 41.8 Å². The number of aryl methyl sites for hydroxylation is 1. The highest BCUT2D eigenvalue weighted by Gasteiger charge is 2.40. The number of hydrogen-bond acceptors (Lipinski definition) is 8. The van der Waals surface area contributed by atoms with Crippen LogP contribution in [0.3, 0.4) is 0 Å². The van der Waals surface area contributed by atoms with Crippen LogP contribution >= 0.6 is 0 Å². The number of piperidine rings is 1. The molecule has 0 amide bonds. The third kappa shape index (κ3) is 3.49. The summed E-state index contributed by atoms with van der Waals surface area (Å²) in [6.45, 7) is 2.84. The number of aromatic nitrogens is 6. The fraction of sp³-hybridized carbons (Fsp3) is 0.526. The van der Waals surface area contributed by atoms with E-state index in [4.69, 9.17) is 10.2 Å². The number of anilines is 3. The molecule has 2 fully saturated rings. The smallest absolute Gasteiger partial charge is 0.198 e. The molecule has 5 rings (SSSR count). The van der Waals surface area contributed by atoms with Crippen LogP contribution in [0, 0.1) is 18.3 Å². The Morgan fingerprint density at radius 3 is 2.83 bits per heavy atom. The van der Waals surface area contributed by atoms with E-state index in [1.54, 1.807) is 4.52 Å². The van der Waals surface area contributed by atoms with Crippen molar-refractivity contribution in [1.29, 1.82) is 5.26 Å². The first kappa shape index (κ1) is 17.9. The summed E-state index contributed by atoms with van der Waals surface area (Å²) >= 11 is 0. The van der Waals surface area contributed by atoms with Crippen molar-refractivity contribution in [2.24, 2.45) is 0 Å². The van der Waals surface area contributed by atoms with Crippen LogP contribution in [0.25, 0.3) is 5.65 Å². The summed E-state index contributed by atoms with van der Waals surface area (Å²) in [6.07, 6.45) is 8.59. The predicted octanol–water partition coefficient (Wildman–Crippen LogP) is 2.22. The van der Waals surface area contributed by atoms with Crippen molar-refractivity contribution in [1.82, 2.24) is 34.7 Å². The SMILES string of the molecule is Cc1cc(Nc2nc(N[C@@H]3CC4CC[C@@H](C3)N4CCC#N)cn3ncnc23)n[nH]1. The first-order chi connectivity index (χ1) is 14.2. The number of nitrogens with zero attached hydrogens (tertiary/aromatic N) is 7. The van der Waals surface area contributed by atoms with Crippen molar-refractivity contribution in [2.75, 3.05) is 17.2 Å². The van der Waals surface area contributed by atoms with Gasteiger partial charge in [-0.2, -0.15) is 15.5 Å². The molecule has 0 saturated carbocycles. The summed E-state index contributed by atoms with van der Waals surface area (Å²) in [5.74, 6) is 2.09. The molecule has 5 heterocycles. The number of fused-ring (bicyclic) bond motifs is 3. The molecule has 150 valence electrons. The van der Waals surface area contributed by atoms with Gasteiger partial charge in [0.1, 0.15) is 12.1 Å². The minimum atomic E-state index is 0.361. The molecule has 1 unspecified atom stereocenters. The molecule has 29 heavy (non-hydrogen) atoms. The zero-order chi connectivity index (χ0) is 19.8. The molecular weight excluding hydrogens is 368 g/mol. The summed E-state index contributed by atoms with van der Waals surface area (Å²) in [5, 5.41) is 27.2. The molecule has 10 heteroatoms. The Morgan fingerprint density at radius 2 is 2.10 bits per heavy atom. The monoisotopic (exact) mass is 392 g/mol. The van der Waals surface area contributed by atoms with Gasteiger partial charge in [-0.05, 0) is 32.6 Å². The van der Waals surface area contributed by atoms with E-state index >= 15 is 0 Å². The number of aromatic amines is 1. The Labute approximate surface area is 168 Å². The van der Waals surface area contributed by atoms with Crippen molar-refractivity contribution < 1.29 is 0 Å². The van der Waals surface area contributed by atoms with Gasteiger partial charge in [0.05, 0.1) is 12.3 Å². The highest BCUT2D eigenvalue weighted by Crippen LogP contribution is 2.36. The summed E-state index contributed by atoms with van der Waals surface area (Å²) in [7, 11) is 0. The van der Waals surface area contributed by atoms with Gasteiger partial charge in [-0.25, -0.2) is 14.5 Å². The molecule has 0 aromatic carbocycles. The van der Waals surface area contributed by atoms with Crippen LogP contribution in [-0.2, 0) is 0 Å². The van der Waals surface area contributed by atoms with E-state index in [-0.39, 0.29) is 0 Å². The first-order valence-corrected chi connectivity index (χ1v) is 10.1. The lowest BCUT2D eigenvalue weighted by Gasteiger charge is -2.39. The lowest BCUT2D eigenvalue weighted by Crippen LogP contribution is -2.47. The van der Waals surface area contributed by atoms with Gasteiger partial charge >= 0.3 is 0 Å². The molecule has 3 aromatic rings. The zero-order valence-electron chi connectivity index (χ0n) is 16.3. The fourth-order valence-corrected chi connectivity index (χ4v) is 4.73. The number of rotatable bonds is 6. The van der Waals surface area contributed by atoms with Gasteiger partial charge in [0.2, 0.25) is 0 Å². The van der Waals surface area contributed by atoms with Crippen LogP contribution in [-0.4, -0.2) is 59.3 Å². The Hall–Kier alpha value is -3.19. The standard InChI is InChI=1S/C19H24N10/c1-12-7-16(27-26-12)24-18-19-21-11-22-29(19)10-17(25-18)23-13-8-14-3-4-15(9-13)28(14)6-2-5-20/h7,10-11,13-15,23H,2-4,6,8-9H2,1H3,(H2,24,25,26,27)/t13-,14-,15?/m0/s1. The molecule has 0 aliphatic carbocycles. The number of nitrogens with one attached hydrogen (secondary N) is 3. The van der Waals surface area contributed by atoms with E-state index in [1.165, 1.54) is 19.2 Å². The van der Waals surface area contributed by atoms with Gasteiger partial charge in [-0.3, -0.25) is 10.00 Å².